The summed E-state index contributed by atoms with van der Waals surface area (Å²) in [5, 5.41) is 13.6. The largest absolute Gasteiger partial charge is 0.441 e. The van der Waals surface area contributed by atoms with Crippen LogP contribution in [0.15, 0.2) is 66.7 Å². The van der Waals surface area contributed by atoms with Crippen LogP contribution in [0, 0.1) is 0 Å². The molecule has 0 aromatic heterocycles. The van der Waals surface area contributed by atoms with Crippen LogP contribution < -0.4 is 10.2 Å². The van der Waals surface area contributed by atoms with Crippen molar-refractivity contribution < 1.29 is 19.4 Å². The molecular weight excluding hydrogens is 454 g/mol. The summed E-state index contributed by atoms with van der Waals surface area (Å²) in [7, 11) is 0. The number of ether oxygens (including phenoxy) is 1. The number of carbonyl (C=O) groups is 2. The van der Waals surface area contributed by atoms with Crippen molar-refractivity contribution in [3.63, 3.8) is 0 Å². The lowest BCUT2D eigenvalue weighted by Gasteiger charge is -2.41. The summed E-state index contributed by atoms with van der Waals surface area (Å²) in [4.78, 5) is 29.5. The van der Waals surface area contributed by atoms with Crippen molar-refractivity contribution >= 4 is 23.4 Å². The fourth-order valence-corrected chi connectivity index (χ4v) is 5.76. The van der Waals surface area contributed by atoms with E-state index in [1.165, 1.54) is 0 Å². The number of likely N-dealkylation sites (tertiary alicyclic amines) is 1. The molecule has 1 saturated heterocycles. The Morgan fingerprint density at radius 2 is 1.67 bits per heavy atom. The molecule has 3 aromatic carbocycles. The fraction of sp³-hybridized carbons (Fsp3) is 0.310. The highest BCUT2D eigenvalue weighted by atomic mass is 16.6. The zero-order chi connectivity index (χ0) is 24.8. The van der Waals surface area contributed by atoms with E-state index in [1.807, 2.05) is 73.7 Å². The number of carbonyl (C=O) groups excluding carboxylic acids is 2. The van der Waals surface area contributed by atoms with Gasteiger partial charge < -0.3 is 15.2 Å². The van der Waals surface area contributed by atoms with E-state index in [1.54, 1.807) is 4.90 Å². The van der Waals surface area contributed by atoms with Gasteiger partial charge in [-0.05, 0) is 60.2 Å². The number of benzene rings is 3. The number of para-hydroxylation sites is 1. The molecule has 2 atom stereocenters. The Hall–Kier alpha value is -3.68. The van der Waals surface area contributed by atoms with Gasteiger partial charge in [-0.25, -0.2) is 4.79 Å². The summed E-state index contributed by atoms with van der Waals surface area (Å²) in [5.41, 5.74) is 6.41. The van der Waals surface area contributed by atoms with E-state index in [0.29, 0.717) is 6.54 Å². The molecule has 0 radical (unpaired) electrons. The molecule has 7 heteroatoms. The summed E-state index contributed by atoms with van der Waals surface area (Å²) in [6.45, 7) is 3.64. The third-order valence-electron chi connectivity index (χ3n) is 7.58. The zero-order valence-corrected chi connectivity index (χ0v) is 20.2. The number of piperidine rings is 1. The number of nitrogens with one attached hydrogen (secondary N) is 1. The number of fused-ring (bicyclic) bond motifs is 4. The van der Waals surface area contributed by atoms with Gasteiger partial charge in [0.1, 0.15) is 12.2 Å². The molecule has 3 aromatic rings. The Morgan fingerprint density at radius 3 is 2.47 bits per heavy atom. The van der Waals surface area contributed by atoms with Crippen LogP contribution in [0.3, 0.4) is 0 Å². The van der Waals surface area contributed by atoms with Gasteiger partial charge in [0.2, 0.25) is 5.91 Å². The Labute approximate surface area is 210 Å². The summed E-state index contributed by atoms with van der Waals surface area (Å²) in [6, 6.07) is 21.5. The fourth-order valence-electron chi connectivity index (χ4n) is 5.76. The maximum absolute atomic E-state index is 12.8. The first kappa shape index (κ1) is 22.8. The number of hydrogen-bond acceptors (Lipinski definition) is 5. The Bertz CT molecular complexity index is 1330. The summed E-state index contributed by atoms with van der Waals surface area (Å²) in [5.74, 6) is -0.0724. The van der Waals surface area contributed by atoms with Crippen molar-refractivity contribution in [2.45, 2.75) is 38.0 Å². The first-order valence-corrected chi connectivity index (χ1v) is 12.5. The molecule has 7 nitrogen and oxygen atoms in total. The first-order valence-electron chi connectivity index (χ1n) is 12.5. The van der Waals surface area contributed by atoms with Crippen LogP contribution in [0.1, 0.15) is 48.7 Å². The number of aliphatic hydroxyl groups excluding tert-OH is 1. The van der Waals surface area contributed by atoms with E-state index in [-0.39, 0.29) is 24.1 Å². The number of anilines is 2. The van der Waals surface area contributed by atoms with E-state index in [2.05, 4.69) is 10.2 Å². The van der Waals surface area contributed by atoms with Crippen LogP contribution in [-0.4, -0.2) is 47.7 Å². The van der Waals surface area contributed by atoms with Gasteiger partial charge in [-0.1, -0.05) is 48.5 Å². The molecule has 3 aliphatic rings. The summed E-state index contributed by atoms with van der Waals surface area (Å²) < 4.78 is 5.59. The molecule has 2 aliphatic heterocycles. The number of nitrogens with zero attached hydrogens (tertiary/aromatic N) is 2. The number of amides is 2. The van der Waals surface area contributed by atoms with Crippen LogP contribution in [0.2, 0.25) is 0 Å². The van der Waals surface area contributed by atoms with Crippen LogP contribution in [-0.2, 0) is 9.53 Å². The predicted molar refractivity (Wildman–Crippen MR) is 138 cm³/mol. The van der Waals surface area contributed by atoms with Crippen LogP contribution in [0.4, 0.5) is 16.2 Å². The number of cyclic esters (lactones) is 1. The molecule has 2 amide bonds. The lowest BCUT2D eigenvalue weighted by Crippen LogP contribution is -2.50. The van der Waals surface area contributed by atoms with Gasteiger partial charge >= 0.3 is 6.09 Å². The van der Waals surface area contributed by atoms with E-state index < -0.39 is 6.10 Å². The van der Waals surface area contributed by atoms with Crippen molar-refractivity contribution in [2.24, 2.45) is 0 Å². The third-order valence-corrected chi connectivity index (χ3v) is 7.58. The Balaban J connectivity index is 1.08. The van der Waals surface area contributed by atoms with Crippen LogP contribution in [0.25, 0.3) is 11.1 Å². The van der Waals surface area contributed by atoms with Crippen molar-refractivity contribution in [1.29, 1.82) is 0 Å². The standard InChI is InChI=1S/C29H29N3O4/c1-18-21-6-4-5-9-26(21)32(29(35)36-18)20-12-14-31(15-13-20)17-27(33)30-19-10-11-24-25(16-19)22-7-2-3-8-23(22)28(24)34/h2-11,16,18,20,28,34H,12-15,17H2,1H3,(H,30,33). The Morgan fingerprint density at radius 1 is 0.972 bits per heavy atom. The maximum Gasteiger partial charge on any atom is 0.415 e. The van der Waals surface area contributed by atoms with E-state index in [4.69, 9.17) is 4.74 Å². The molecular formula is C29H29N3O4. The van der Waals surface area contributed by atoms with Crippen molar-refractivity contribution in [1.82, 2.24) is 4.90 Å². The smallest absolute Gasteiger partial charge is 0.415 e. The first-order chi connectivity index (χ1) is 17.5. The lowest BCUT2D eigenvalue weighted by molar-refractivity contribution is -0.117. The molecule has 0 spiro atoms. The lowest BCUT2D eigenvalue weighted by atomic mass is 9.99. The van der Waals surface area contributed by atoms with Gasteiger partial charge in [-0.2, -0.15) is 0 Å². The second kappa shape index (κ2) is 9.08. The number of hydrogen-bond donors (Lipinski definition) is 2. The van der Waals surface area contributed by atoms with Gasteiger partial charge in [0.05, 0.1) is 12.2 Å². The highest BCUT2D eigenvalue weighted by molar-refractivity contribution is 5.94. The SMILES string of the molecule is CC1OC(=O)N(C2CCN(CC(=O)Nc3ccc4c(c3)-c3ccccc3C4O)CC2)c2ccccc21. The quantitative estimate of drug-likeness (QED) is 0.553. The van der Waals surface area contributed by atoms with Gasteiger partial charge in [0.15, 0.2) is 0 Å². The molecule has 6 rings (SSSR count). The highest BCUT2D eigenvalue weighted by Crippen LogP contribution is 2.44. The molecule has 2 heterocycles. The summed E-state index contributed by atoms with van der Waals surface area (Å²) >= 11 is 0. The topological polar surface area (TPSA) is 82.1 Å². The average molecular weight is 484 g/mol. The molecule has 0 saturated carbocycles. The van der Waals surface area contributed by atoms with E-state index in [0.717, 1.165) is 65.1 Å². The van der Waals surface area contributed by atoms with E-state index >= 15 is 0 Å². The molecule has 2 N–H and O–H groups in total. The second-order valence-electron chi connectivity index (χ2n) is 9.80. The normalized spacial score (nSPS) is 21.4. The highest BCUT2D eigenvalue weighted by Gasteiger charge is 2.36. The molecule has 0 bridgehead atoms. The van der Waals surface area contributed by atoms with Gasteiger partial charge in [-0.15, -0.1) is 0 Å². The minimum atomic E-state index is -0.630. The number of rotatable bonds is 4. The molecule has 184 valence electrons. The van der Waals surface area contributed by atoms with Gasteiger partial charge in [0, 0.05) is 30.4 Å². The van der Waals surface area contributed by atoms with Crippen molar-refractivity contribution in [3.05, 3.63) is 83.4 Å². The molecule has 2 unspecified atom stereocenters. The van der Waals surface area contributed by atoms with Gasteiger partial charge in [-0.3, -0.25) is 14.6 Å². The van der Waals surface area contributed by atoms with Gasteiger partial charge in [0.25, 0.3) is 0 Å². The van der Waals surface area contributed by atoms with Crippen LogP contribution in [0.5, 0.6) is 0 Å². The minimum absolute atomic E-state index is 0.0497. The minimum Gasteiger partial charge on any atom is -0.441 e. The predicted octanol–water partition coefficient (Wildman–Crippen LogP) is 4.87. The monoisotopic (exact) mass is 483 g/mol. The number of aliphatic hydroxyl groups is 1. The molecule has 1 fully saturated rings. The van der Waals surface area contributed by atoms with Crippen molar-refractivity contribution in [3.8, 4) is 11.1 Å². The molecule has 1 aliphatic carbocycles. The summed E-state index contributed by atoms with van der Waals surface area (Å²) in [6.07, 6.45) is 0.386. The second-order valence-corrected chi connectivity index (χ2v) is 9.80. The third kappa shape index (κ3) is 3.94. The molecule has 36 heavy (non-hydrogen) atoms. The van der Waals surface area contributed by atoms with Crippen LogP contribution >= 0.6 is 0 Å². The average Bonchev–Trinajstić information content (AvgIpc) is 3.16. The van der Waals surface area contributed by atoms with E-state index in [9.17, 15) is 14.7 Å². The Kier molecular flexibility index (Phi) is 5.74. The van der Waals surface area contributed by atoms with Crippen molar-refractivity contribution in [2.75, 3.05) is 29.9 Å². The maximum atomic E-state index is 12.8. The zero-order valence-electron chi connectivity index (χ0n) is 20.2.